The van der Waals surface area contributed by atoms with Gasteiger partial charge in [0.2, 0.25) is 0 Å². The van der Waals surface area contributed by atoms with E-state index in [4.69, 9.17) is 0 Å². The van der Waals surface area contributed by atoms with E-state index >= 15 is 0 Å². The fraction of sp³-hybridized carbons (Fsp3) is 0.524. The second-order valence-electron chi connectivity index (χ2n) is 12.9. The molecule has 0 atom stereocenters. The molecule has 0 radical (unpaired) electrons. The van der Waals surface area contributed by atoms with Crippen LogP contribution >= 0.6 is 22.7 Å². The Hall–Kier alpha value is -2.16. The molecular weight excluding hydrogens is 569 g/mol. The summed E-state index contributed by atoms with van der Waals surface area (Å²) in [6.45, 7) is 4.59. The molecule has 0 nitrogen and oxygen atoms in total. The van der Waals surface area contributed by atoms with Gasteiger partial charge in [0, 0.05) is 19.5 Å². The average molecular weight is 627 g/mol. The maximum atomic E-state index is 2.35. The van der Waals surface area contributed by atoms with Crippen LogP contribution in [0.5, 0.6) is 0 Å². The van der Waals surface area contributed by atoms with Crippen LogP contribution in [-0.2, 0) is 12.8 Å². The van der Waals surface area contributed by atoms with Crippen molar-refractivity contribution in [3.63, 3.8) is 0 Å². The van der Waals surface area contributed by atoms with Gasteiger partial charge >= 0.3 is 0 Å². The molecule has 0 spiro atoms. The minimum atomic E-state index is 1.21. The van der Waals surface area contributed by atoms with Gasteiger partial charge in [-0.2, -0.15) is 0 Å². The highest BCUT2D eigenvalue weighted by Crippen LogP contribution is 2.40. The number of hydrogen-bond acceptors (Lipinski definition) is 2. The molecule has 0 bridgehead atoms. The van der Waals surface area contributed by atoms with E-state index in [1.165, 1.54) is 170 Å². The first-order chi connectivity index (χ1) is 21.8. The zero-order valence-electron chi connectivity index (χ0n) is 27.9. The van der Waals surface area contributed by atoms with Gasteiger partial charge in [-0.05, 0) is 72.2 Å². The molecule has 0 unspecified atom stereocenters. The molecule has 238 valence electrons. The van der Waals surface area contributed by atoms with E-state index in [0.717, 1.165) is 0 Å². The number of aryl methyl sites for hydroxylation is 2. The van der Waals surface area contributed by atoms with Crippen LogP contribution in [0, 0.1) is 0 Å². The van der Waals surface area contributed by atoms with Crippen LogP contribution < -0.4 is 0 Å². The number of rotatable bonds is 23. The Kier molecular flexibility index (Phi) is 16.4. The molecule has 0 saturated heterocycles. The van der Waals surface area contributed by atoms with E-state index in [2.05, 4.69) is 86.6 Å². The Morgan fingerprint density at radius 3 is 0.955 bits per heavy atom. The minimum absolute atomic E-state index is 1.21. The third-order valence-corrected chi connectivity index (χ3v) is 11.5. The maximum Gasteiger partial charge on any atom is 0.0449 e. The molecule has 0 aliphatic carbocycles. The van der Waals surface area contributed by atoms with E-state index in [0.29, 0.717) is 0 Å². The van der Waals surface area contributed by atoms with Crippen LogP contribution in [0.4, 0.5) is 0 Å². The first kappa shape index (κ1) is 34.7. The Labute approximate surface area is 278 Å². The third-order valence-electron chi connectivity index (χ3n) is 9.07. The van der Waals surface area contributed by atoms with Crippen molar-refractivity contribution in [2.45, 2.75) is 142 Å². The van der Waals surface area contributed by atoms with Gasteiger partial charge in [0.1, 0.15) is 0 Å². The molecule has 4 rings (SSSR count). The molecular formula is C42H58S2. The second-order valence-corrected chi connectivity index (χ2v) is 15.0. The van der Waals surface area contributed by atoms with E-state index in [1.54, 1.807) is 0 Å². The molecule has 2 heterocycles. The number of unbranched alkanes of at least 4 members (excludes halogenated alkanes) is 16. The molecule has 2 aromatic heterocycles. The molecule has 0 amide bonds. The van der Waals surface area contributed by atoms with E-state index in [1.807, 2.05) is 22.7 Å². The molecule has 0 fully saturated rings. The summed E-state index contributed by atoms with van der Waals surface area (Å²) in [6.07, 6.45) is 27.5. The highest BCUT2D eigenvalue weighted by atomic mass is 32.1. The van der Waals surface area contributed by atoms with E-state index in [9.17, 15) is 0 Å². The van der Waals surface area contributed by atoms with Crippen LogP contribution in [-0.4, -0.2) is 0 Å². The molecule has 0 aliphatic heterocycles. The zero-order chi connectivity index (χ0) is 30.7. The van der Waals surface area contributed by atoms with Gasteiger partial charge in [-0.3, -0.25) is 0 Å². The average Bonchev–Trinajstić information content (AvgIpc) is 3.75. The van der Waals surface area contributed by atoms with Crippen molar-refractivity contribution in [1.82, 2.24) is 0 Å². The summed E-state index contributed by atoms with van der Waals surface area (Å²) in [4.78, 5) is 5.48. The summed E-state index contributed by atoms with van der Waals surface area (Å²) < 4.78 is 0. The van der Waals surface area contributed by atoms with Crippen LogP contribution in [0.25, 0.3) is 30.6 Å². The lowest BCUT2D eigenvalue weighted by atomic mass is 10.0. The molecule has 2 heteroatoms. The zero-order valence-corrected chi connectivity index (χ0v) is 29.5. The van der Waals surface area contributed by atoms with Gasteiger partial charge in [0.15, 0.2) is 0 Å². The van der Waals surface area contributed by atoms with Crippen molar-refractivity contribution >= 4 is 22.7 Å². The third kappa shape index (κ3) is 12.3. The predicted molar refractivity (Wildman–Crippen MR) is 200 cm³/mol. The van der Waals surface area contributed by atoms with Gasteiger partial charge < -0.3 is 0 Å². The maximum absolute atomic E-state index is 2.35. The number of hydrogen-bond donors (Lipinski definition) is 0. The lowest BCUT2D eigenvalue weighted by Crippen LogP contribution is -1.87. The quantitative estimate of drug-likeness (QED) is 0.0719. The topological polar surface area (TPSA) is 0 Å². The second kappa shape index (κ2) is 20.8. The summed E-state index contributed by atoms with van der Waals surface area (Å²) >= 11 is 3.84. The SMILES string of the molecule is CCCCCCCCCCCc1ccc(-c2ccc(-c3ccc(-c4ccc(CCCCCCCCCCC)cc4)s3)s2)cc1. The van der Waals surface area contributed by atoms with Crippen molar-refractivity contribution in [3.05, 3.63) is 83.9 Å². The first-order valence-electron chi connectivity index (χ1n) is 18.2. The summed E-state index contributed by atoms with van der Waals surface area (Å²) in [7, 11) is 0. The van der Waals surface area contributed by atoms with Crippen molar-refractivity contribution in [2.75, 3.05) is 0 Å². The Morgan fingerprint density at radius 2 is 0.614 bits per heavy atom. The number of benzene rings is 2. The van der Waals surface area contributed by atoms with E-state index in [-0.39, 0.29) is 0 Å². The van der Waals surface area contributed by atoms with Crippen LogP contribution in [0.1, 0.15) is 141 Å². The normalized spacial score (nSPS) is 11.4. The Morgan fingerprint density at radius 1 is 0.318 bits per heavy atom. The lowest BCUT2D eigenvalue weighted by molar-refractivity contribution is 0.565. The molecule has 2 aromatic carbocycles. The van der Waals surface area contributed by atoms with Gasteiger partial charge in [-0.15, -0.1) is 22.7 Å². The van der Waals surface area contributed by atoms with Crippen LogP contribution in [0.2, 0.25) is 0 Å². The smallest absolute Gasteiger partial charge is 0.0449 e. The highest BCUT2D eigenvalue weighted by Gasteiger charge is 2.09. The largest absolute Gasteiger partial charge is 0.134 e. The van der Waals surface area contributed by atoms with Crippen LogP contribution in [0.15, 0.2) is 72.8 Å². The van der Waals surface area contributed by atoms with Crippen LogP contribution in [0.3, 0.4) is 0 Å². The van der Waals surface area contributed by atoms with Gasteiger partial charge in [0.05, 0.1) is 0 Å². The van der Waals surface area contributed by atoms with Crippen molar-refractivity contribution < 1.29 is 0 Å². The standard InChI is InChI=1S/C42H58S2/c1-3-5-7-9-11-13-15-17-19-21-35-23-27-37(28-24-35)39-31-33-41(43-39)42-34-32-40(44-42)38-29-25-36(26-30-38)22-20-18-16-14-12-10-8-6-4-2/h23-34H,3-22H2,1-2H3. The summed E-state index contributed by atoms with van der Waals surface area (Å²) in [5.41, 5.74) is 5.65. The summed E-state index contributed by atoms with van der Waals surface area (Å²) in [5.74, 6) is 0. The highest BCUT2D eigenvalue weighted by molar-refractivity contribution is 7.25. The van der Waals surface area contributed by atoms with Crippen molar-refractivity contribution in [2.24, 2.45) is 0 Å². The predicted octanol–water partition coefficient (Wildman–Crippen LogP) is 15.0. The molecule has 0 saturated carbocycles. The first-order valence-corrected chi connectivity index (χ1v) is 19.8. The Balaban J connectivity index is 1.17. The fourth-order valence-electron chi connectivity index (χ4n) is 6.20. The summed E-state index contributed by atoms with van der Waals surface area (Å²) in [6, 6.07) is 27.9. The number of thiophene rings is 2. The summed E-state index contributed by atoms with van der Waals surface area (Å²) in [5, 5.41) is 0. The van der Waals surface area contributed by atoms with Crippen molar-refractivity contribution in [1.29, 1.82) is 0 Å². The molecule has 4 aromatic rings. The van der Waals surface area contributed by atoms with Gasteiger partial charge in [0.25, 0.3) is 0 Å². The van der Waals surface area contributed by atoms with E-state index < -0.39 is 0 Å². The van der Waals surface area contributed by atoms with Gasteiger partial charge in [-0.1, -0.05) is 165 Å². The molecule has 44 heavy (non-hydrogen) atoms. The monoisotopic (exact) mass is 626 g/mol. The fourth-order valence-corrected chi connectivity index (χ4v) is 8.32. The molecule has 0 aliphatic rings. The lowest BCUT2D eigenvalue weighted by Gasteiger charge is -2.04. The minimum Gasteiger partial charge on any atom is -0.134 e. The van der Waals surface area contributed by atoms with Gasteiger partial charge in [-0.25, -0.2) is 0 Å². The molecule has 0 N–H and O–H groups in total. The van der Waals surface area contributed by atoms with Crippen molar-refractivity contribution in [3.8, 4) is 30.6 Å². The Bertz CT molecular complexity index is 1170.